The van der Waals surface area contributed by atoms with Crippen molar-refractivity contribution in [3.63, 3.8) is 0 Å². The summed E-state index contributed by atoms with van der Waals surface area (Å²) in [4.78, 5) is 25.0. The summed E-state index contributed by atoms with van der Waals surface area (Å²) >= 11 is 2.94. The number of nitrogens with zero attached hydrogens (tertiary/aromatic N) is 6. The molecule has 1 fully saturated rings. The van der Waals surface area contributed by atoms with Crippen LogP contribution >= 0.6 is 23.1 Å². The lowest BCUT2D eigenvalue weighted by Gasteiger charge is -2.32. The highest BCUT2D eigenvalue weighted by atomic mass is 32.2. The number of likely N-dealkylation sites (N-methyl/N-ethyl adjacent to an activating group) is 1. The van der Waals surface area contributed by atoms with Crippen molar-refractivity contribution in [2.45, 2.75) is 10.1 Å². The molecule has 1 aliphatic heterocycles. The van der Waals surface area contributed by atoms with Gasteiger partial charge in [0.1, 0.15) is 5.75 Å². The third-order valence-corrected chi connectivity index (χ3v) is 7.05. The Balaban J connectivity index is 1.43. The molecule has 0 bridgehead atoms. The molecular weight excluding hydrogens is 454 g/mol. The quantitative estimate of drug-likeness (QED) is 0.421. The second-order valence-corrected chi connectivity index (χ2v) is 9.69. The Labute approximate surface area is 200 Å². The molecule has 0 amide bonds. The number of phenolic OH excluding ortho intramolecular Hbond substituents is 1. The third-order valence-electron chi connectivity index (χ3n) is 5.24. The van der Waals surface area contributed by atoms with Crippen LogP contribution in [0.2, 0.25) is 0 Å². The summed E-state index contributed by atoms with van der Waals surface area (Å²) in [5, 5.41) is 14.7. The van der Waals surface area contributed by atoms with E-state index in [4.69, 9.17) is 9.97 Å². The van der Waals surface area contributed by atoms with E-state index in [-0.39, 0.29) is 5.75 Å². The van der Waals surface area contributed by atoms with Crippen LogP contribution in [-0.4, -0.2) is 63.2 Å². The van der Waals surface area contributed by atoms with Crippen molar-refractivity contribution in [3.8, 4) is 16.2 Å². The molecule has 0 spiro atoms. The lowest BCUT2D eigenvalue weighted by molar-refractivity contribution is 0.311. The normalized spacial score (nSPS) is 14.4. The van der Waals surface area contributed by atoms with Gasteiger partial charge in [0.15, 0.2) is 10.3 Å². The first-order valence-electron chi connectivity index (χ1n) is 10.6. The van der Waals surface area contributed by atoms with Crippen LogP contribution in [-0.2, 0) is 0 Å². The van der Waals surface area contributed by atoms with Gasteiger partial charge in [0, 0.05) is 42.8 Å². The number of piperazine rings is 1. The number of phenols is 1. The molecule has 0 radical (unpaired) electrons. The van der Waals surface area contributed by atoms with E-state index in [9.17, 15) is 5.11 Å². The average molecular weight is 478 g/mol. The molecule has 168 valence electrons. The maximum atomic E-state index is 10.2. The predicted molar refractivity (Wildman–Crippen MR) is 133 cm³/mol. The van der Waals surface area contributed by atoms with E-state index in [1.54, 1.807) is 18.3 Å². The Hall–Kier alpha value is -3.21. The summed E-state index contributed by atoms with van der Waals surface area (Å²) in [6.07, 6.45) is 1.74. The number of nitrogens with one attached hydrogen (secondary N) is 1. The zero-order valence-electron chi connectivity index (χ0n) is 18.0. The number of para-hydroxylation sites is 1. The average Bonchev–Trinajstić information content (AvgIpc) is 3.28. The highest BCUT2D eigenvalue weighted by Gasteiger charge is 2.19. The largest absolute Gasteiger partial charge is 0.507 e. The zero-order chi connectivity index (χ0) is 22.6. The molecule has 10 heteroatoms. The second kappa shape index (κ2) is 9.74. The van der Waals surface area contributed by atoms with Crippen LogP contribution in [0.15, 0.2) is 70.8 Å². The van der Waals surface area contributed by atoms with Gasteiger partial charge in [-0.1, -0.05) is 41.7 Å². The SMILES string of the molecule is CN1CCN(c2nc(Nc3ncc(-c4ccccc4O)s3)nc(Sc3ccccc3)n2)CC1. The van der Waals surface area contributed by atoms with Gasteiger partial charge in [-0.05, 0) is 43.1 Å². The van der Waals surface area contributed by atoms with E-state index >= 15 is 0 Å². The molecular formula is C23H23N7OS2. The molecule has 4 aromatic rings. The molecule has 5 rings (SSSR count). The lowest BCUT2D eigenvalue weighted by atomic mass is 10.2. The molecule has 2 aromatic heterocycles. The molecule has 0 unspecified atom stereocenters. The molecule has 0 atom stereocenters. The van der Waals surface area contributed by atoms with Crippen molar-refractivity contribution >= 4 is 40.1 Å². The van der Waals surface area contributed by atoms with Gasteiger partial charge in [0.05, 0.1) is 4.88 Å². The second-order valence-electron chi connectivity index (χ2n) is 7.62. The van der Waals surface area contributed by atoms with E-state index < -0.39 is 0 Å². The summed E-state index contributed by atoms with van der Waals surface area (Å²) in [7, 11) is 2.12. The summed E-state index contributed by atoms with van der Waals surface area (Å²) in [6.45, 7) is 3.66. The van der Waals surface area contributed by atoms with Gasteiger partial charge >= 0.3 is 0 Å². The van der Waals surface area contributed by atoms with Crippen LogP contribution in [0.25, 0.3) is 10.4 Å². The summed E-state index contributed by atoms with van der Waals surface area (Å²) in [5.74, 6) is 1.35. The third kappa shape index (κ3) is 5.24. The number of aromatic hydroxyl groups is 1. The van der Waals surface area contributed by atoms with E-state index in [0.29, 0.717) is 22.2 Å². The van der Waals surface area contributed by atoms with Crippen LogP contribution in [0, 0.1) is 0 Å². The molecule has 2 aromatic carbocycles. The minimum absolute atomic E-state index is 0.228. The van der Waals surface area contributed by atoms with Crippen LogP contribution in [0.4, 0.5) is 17.0 Å². The molecule has 1 aliphatic rings. The summed E-state index contributed by atoms with van der Waals surface area (Å²) in [6, 6.07) is 17.3. The monoisotopic (exact) mass is 477 g/mol. The fourth-order valence-corrected chi connectivity index (χ4v) is 5.03. The van der Waals surface area contributed by atoms with Crippen molar-refractivity contribution in [3.05, 3.63) is 60.8 Å². The first-order valence-corrected chi connectivity index (χ1v) is 12.2. The van der Waals surface area contributed by atoms with Gasteiger partial charge in [-0.15, -0.1) is 0 Å². The maximum absolute atomic E-state index is 10.2. The number of aromatic nitrogens is 4. The highest BCUT2D eigenvalue weighted by Crippen LogP contribution is 2.35. The molecule has 3 heterocycles. The van der Waals surface area contributed by atoms with Gasteiger partial charge in [-0.3, -0.25) is 5.32 Å². The van der Waals surface area contributed by atoms with Crippen LogP contribution < -0.4 is 10.2 Å². The van der Waals surface area contributed by atoms with Crippen molar-refractivity contribution in [1.29, 1.82) is 0 Å². The van der Waals surface area contributed by atoms with Crippen LogP contribution in [0.1, 0.15) is 0 Å². The Bertz CT molecular complexity index is 1230. The lowest BCUT2D eigenvalue weighted by Crippen LogP contribution is -2.45. The highest BCUT2D eigenvalue weighted by molar-refractivity contribution is 7.99. The van der Waals surface area contributed by atoms with Crippen molar-refractivity contribution in [2.75, 3.05) is 43.4 Å². The fourth-order valence-electron chi connectivity index (χ4n) is 3.42. The van der Waals surface area contributed by atoms with Gasteiger partial charge in [-0.2, -0.15) is 15.0 Å². The standard InChI is InChI=1S/C23H23N7OS2/c1-29-11-13-30(14-12-29)21-25-20(27-23(28-21)32-16-7-3-2-4-8-16)26-22-24-15-19(33-22)17-9-5-6-10-18(17)31/h2-10,15,31H,11-14H2,1H3,(H,24,25,26,27,28). The van der Waals surface area contributed by atoms with E-state index in [1.807, 2.05) is 42.5 Å². The topological polar surface area (TPSA) is 90.3 Å². The minimum Gasteiger partial charge on any atom is -0.507 e. The van der Waals surface area contributed by atoms with Crippen molar-refractivity contribution < 1.29 is 5.11 Å². The molecule has 2 N–H and O–H groups in total. The van der Waals surface area contributed by atoms with Gasteiger partial charge in [0.2, 0.25) is 11.9 Å². The first-order chi connectivity index (χ1) is 16.1. The molecule has 1 saturated heterocycles. The van der Waals surface area contributed by atoms with E-state index in [0.717, 1.165) is 41.5 Å². The van der Waals surface area contributed by atoms with Gasteiger partial charge in [-0.25, -0.2) is 4.98 Å². The summed E-state index contributed by atoms with van der Waals surface area (Å²) in [5.41, 5.74) is 0.747. The molecule has 0 aliphatic carbocycles. The summed E-state index contributed by atoms with van der Waals surface area (Å²) < 4.78 is 0. The number of thiazole rings is 1. The number of hydrogen-bond acceptors (Lipinski definition) is 10. The number of rotatable bonds is 6. The van der Waals surface area contributed by atoms with E-state index in [2.05, 4.69) is 32.1 Å². The predicted octanol–water partition coefficient (Wildman–Crippen LogP) is 4.35. The number of benzene rings is 2. The maximum Gasteiger partial charge on any atom is 0.234 e. The van der Waals surface area contributed by atoms with Gasteiger partial charge in [0.25, 0.3) is 0 Å². The van der Waals surface area contributed by atoms with Crippen LogP contribution in [0.5, 0.6) is 5.75 Å². The van der Waals surface area contributed by atoms with Crippen molar-refractivity contribution in [2.24, 2.45) is 0 Å². The zero-order valence-corrected chi connectivity index (χ0v) is 19.7. The first kappa shape index (κ1) is 21.6. The van der Waals surface area contributed by atoms with Gasteiger partial charge < -0.3 is 14.9 Å². The molecule has 0 saturated carbocycles. The molecule has 33 heavy (non-hydrogen) atoms. The van der Waals surface area contributed by atoms with Crippen molar-refractivity contribution in [1.82, 2.24) is 24.8 Å². The smallest absolute Gasteiger partial charge is 0.234 e. The Kier molecular flexibility index (Phi) is 6.38. The number of anilines is 3. The Morgan fingerprint density at radius 1 is 0.939 bits per heavy atom. The Morgan fingerprint density at radius 3 is 2.48 bits per heavy atom. The van der Waals surface area contributed by atoms with E-state index in [1.165, 1.54) is 23.1 Å². The Morgan fingerprint density at radius 2 is 1.70 bits per heavy atom. The fraction of sp³-hybridized carbons (Fsp3) is 0.217. The number of hydrogen-bond donors (Lipinski definition) is 2. The minimum atomic E-state index is 0.228. The molecule has 8 nitrogen and oxygen atoms in total. The van der Waals surface area contributed by atoms with Crippen LogP contribution in [0.3, 0.4) is 0 Å².